The summed E-state index contributed by atoms with van der Waals surface area (Å²) < 4.78 is 13.8. The van der Waals surface area contributed by atoms with E-state index >= 15 is 0 Å². The number of benzene rings is 1. The van der Waals surface area contributed by atoms with E-state index in [1.807, 2.05) is 13.0 Å². The lowest BCUT2D eigenvalue weighted by Crippen LogP contribution is -2.30. The fourth-order valence-electron chi connectivity index (χ4n) is 1.72. The fraction of sp³-hybridized carbons (Fsp3) is 0.250. The molecule has 0 aliphatic heterocycles. The fourth-order valence-corrected chi connectivity index (χ4v) is 2.36. The molecule has 2 rings (SSSR count). The topological polar surface area (TPSA) is 50.9 Å². The molecule has 0 aliphatic carbocycles. The zero-order valence-electron chi connectivity index (χ0n) is 9.48. The molecule has 0 saturated carbocycles. The minimum atomic E-state index is -0.226. The normalized spacial score (nSPS) is 12.6. The predicted octanol–water partition coefficient (Wildman–Crippen LogP) is 2.34. The molecule has 90 valence electrons. The second-order valence-electron chi connectivity index (χ2n) is 3.92. The SMILES string of the molecule is Cc1ccc(C(Cc2cncs2)NN)c(F)c1. The summed E-state index contributed by atoms with van der Waals surface area (Å²) in [7, 11) is 0. The molecule has 1 heterocycles. The average molecular weight is 251 g/mol. The number of hydrazine groups is 1. The van der Waals surface area contributed by atoms with Crippen LogP contribution in [0.5, 0.6) is 0 Å². The van der Waals surface area contributed by atoms with Gasteiger partial charge >= 0.3 is 0 Å². The molecule has 0 aliphatic rings. The third-order valence-corrected chi connectivity index (χ3v) is 3.42. The van der Waals surface area contributed by atoms with E-state index in [4.69, 9.17) is 5.84 Å². The van der Waals surface area contributed by atoms with Crippen LogP contribution in [0.1, 0.15) is 22.0 Å². The van der Waals surface area contributed by atoms with Gasteiger partial charge in [-0.3, -0.25) is 16.3 Å². The highest BCUT2D eigenvalue weighted by atomic mass is 32.1. The molecule has 3 nitrogen and oxygen atoms in total. The van der Waals surface area contributed by atoms with Gasteiger partial charge in [-0.05, 0) is 18.6 Å². The summed E-state index contributed by atoms with van der Waals surface area (Å²) in [6.07, 6.45) is 2.42. The van der Waals surface area contributed by atoms with E-state index in [1.165, 1.54) is 6.07 Å². The molecule has 0 radical (unpaired) electrons. The van der Waals surface area contributed by atoms with Crippen molar-refractivity contribution < 1.29 is 4.39 Å². The van der Waals surface area contributed by atoms with E-state index in [2.05, 4.69) is 10.4 Å². The molecule has 1 atom stereocenters. The molecule has 3 N–H and O–H groups in total. The van der Waals surface area contributed by atoms with E-state index in [-0.39, 0.29) is 11.9 Å². The van der Waals surface area contributed by atoms with Crippen LogP contribution in [-0.2, 0) is 6.42 Å². The first kappa shape index (κ1) is 12.2. The quantitative estimate of drug-likeness (QED) is 0.648. The maximum atomic E-state index is 13.8. The van der Waals surface area contributed by atoms with E-state index in [1.54, 1.807) is 29.1 Å². The molecule has 17 heavy (non-hydrogen) atoms. The molecule has 0 spiro atoms. The highest BCUT2D eigenvalue weighted by Gasteiger charge is 2.15. The summed E-state index contributed by atoms with van der Waals surface area (Å²) in [5.74, 6) is 5.27. The van der Waals surface area contributed by atoms with Gasteiger partial charge in [-0.15, -0.1) is 11.3 Å². The lowest BCUT2D eigenvalue weighted by atomic mass is 10.0. The van der Waals surface area contributed by atoms with Gasteiger partial charge < -0.3 is 0 Å². The third kappa shape index (κ3) is 2.88. The Morgan fingerprint density at radius 3 is 2.94 bits per heavy atom. The molecule has 5 heteroatoms. The molecule has 0 saturated heterocycles. The van der Waals surface area contributed by atoms with Crippen LogP contribution in [0.3, 0.4) is 0 Å². The molecule has 0 fully saturated rings. The number of aromatic nitrogens is 1. The zero-order chi connectivity index (χ0) is 12.3. The number of halogens is 1. The summed E-state index contributed by atoms with van der Waals surface area (Å²) in [5, 5.41) is 0. The number of nitrogens with one attached hydrogen (secondary N) is 1. The van der Waals surface area contributed by atoms with Gasteiger partial charge in [0.15, 0.2) is 0 Å². The predicted molar refractivity (Wildman–Crippen MR) is 67.0 cm³/mol. The number of nitrogens with zero attached hydrogens (tertiary/aromatic N) is 1. The smallest absolute Gasteiger partial charge is 0.128 e. The summed E-state index contributed by atoms with van der Waals surface area (Å²) in [4.78, 5) is 5.07. The monoisotopic (exact) mass is 251 g/mol. The van der Waals surface area contributed by atoms with Gasteiger partial charge in [-0.1, -0.05) is 12.1 Å². The number of hydrogen-bond acceptors (Lipinski definition) is 4. The Labute approximate surface area is 103 Å². The first-order chi connectivity index (χ1) is 8.20. The van der Waals surface area contributed by atoms with Crippen molar-refractivity contribution in [2.75, 3.05) is 0 Å². The Bertz CT molecular complexity index is 485. The Hall–Kier alpha value is -1.30. The average Bonchev–Trinajstić information content (AvgIpc) is 2.79. The number of rotatable bonds is 4. The van der Waals surface area contributed by atoms with Gasteiger partial charge in [0.05, 0.1) is 11.6 Å². The molecule has 1 aromatic carbocycles. The lowest BCUT2D eigenvalue weighted by molar-refractivity contribution is 0.512. The van der Waals surface area contributed by atoms with Gasteiger partial charge in [0, 0.05) is 23.1 Å². The van der Waals surface area contributed by atoms with Crippen LogP contribution >= 0.6 is 11.3 Å². The van der Waals surface area contributed by atoms with Crippen molar-refractivity contribution >= 4 is 11.3 Å². The van der Waals surface area contributed by atoms with Crippen LogP contribution in [-0.4, -0.2) is 4.98 Å². The Morgan fingerprint density at radius 2 is 2.35 bits per heavy atom. The van der Waals surface area contributed by atoms with Crippen LogP contribution in [0.2, 0.25) is 0 Å². The number of hydrogen-bond donors (Lipinski definition) is 2. The van der Waals surface area contributed by atoms with E-state index in [9.17, 15) is 4.39 Å². The molecule has 1 unspecified atom stereocenters. The molecule has 0 bridgehead atoms. The first-order valence-corrected chi connectivity index (χ1v) is 6.18. The summed E-state index contributed by atoms with van der Waals surface area (Å²) in [6.45, 7) is 1.86. The van der Waals surface area contributed by atoms with Crippen molar-refractivity contribution in [3.05, 3.63) is 51.7 Å². The van der Waals surface area contributed by atoms with Crippen LogP contribution < -0.4 is 11.3 Å². The zero-order valence-corrected chi connectivity index (χ0v) is 10.3. The maximum Gasteiger partial charge on any atom is 0.128 e. The van der Waals surface area contributed by atoms with Crippen molar-refractivity contribution in [1.29, 1.82) is 0 Å². The maximum absolute atomic E-state index is 13.8. The highest BCUT2D eigenvalue weighted by molar-refractivity contribution is 7.09. The largest absolute Gasteiger partial charge is 0.271 e. The van der Waals surface area contributed by atoms with Gasteiger partial charge in [0.1, 0.15) is 5.82 Å². The molecule has 2 aromatic rings. The minimum absolute atomic E-state index is 0.225. The van der Waals surface area contributed by atoms with E-state index < -0.39 is 0 Å². The van der Waals surface area contributed by atoms with Crippen molar-refractivity contribution in [3.8, 4) is 0 Å². The summed E-state index contributed by atoms with van der Waals surface area (Å²) in [5.41, 5.74) is 5.91. The number of nitrogens with two attached hydrogens (primary N) is 1. The Kier molecular flexibility index (Phi) is 3.83. The second kappa shape index (κ2) is 5.35. The van der Waals surface area contributed by atoms with Crippen LogP contribution in [0.15, 0.2) is 29.9 Å². The standard InChI is InChI=1S/C12H14FN3S/c1-8-2-3-10(11(13)4-8)12(16-14)5-9-6-15-7-17-9/h2-4,6-7,12,16H,5,14H2,1H3. The van der Waals surface area contributed by atoms with Crippen LogP contribution in [0.25, 0.3) is 0 Å². The highest BCUT2D eigenvalue weighted by Crippen LogP contribution is 2.22. The van der Waals surface area contributed by atoms with E-state index in [0.717, 1.165) is 10.4 Å². The second-order valence-corrected chi connectivity index (χ2v) is 4.89. The van der Waals surface area contributed by atoms with Crippen molar-refractivity contribution in [2.45, 2.75) is 19.4 Å². The molecular weight excluding hydrogens is 237 g/mol. The molecule has 1 aromatic heterocycles. The van der Waals surface area contributed by atoms with Crippen molar-refractivity contribution in [1.82, 2.24) is 10.4 Å². The number of aryl methyl sites for hydroxylation is 1. The Morgan fingerprint density at radius 1 is 1.53 bits per heavy atom. The molecular formula is C12H14FN3S. The first-order valence-electron chi connectivity index (χ1n) is 5.30. The van der Waals surface area contributed by atoms with Gasteiger partial charge in [-0.25, -0.2) is 4.39 Å². The summed E-state index contributed by atoms with van der Waals surface area (Å²) >= 11 is 1.54. The summed E-state index contributed by atoms with van der Waals surface area (Å²) in [6, 6.07) is 4.95. The van der Waals surface area contributed by atoms with Crippen molar-refractivity contribution in [3.63, 3.8) is 0 Å². The van der Waals surface area contributed by atoms with Gasteiger partial charge in [0.25, 0.3) is 0 Å². The molecule has 0 amide bonds. The van der Waals surface area contributed by atoms with E-state index in [0.29, 0.717) is 12.0 Å². The van der Waals surface area contributed by atoms with Crippen LogP contribution in [0.4, 0.5) is 4.39 Å². The number of thiazole rings is 1. The third-order valence-electron chi connectivity index (χ3n) is 2.62. The lowest BCUT2D eigenvalue weighted by Gasteiger charge is -2.16. The van der Waals surface area contributed by atoms with Gasteiger partial charge in [-0.2, -0.15) is 0 Å². The van der Waals surface area contributed by atoms with Gasteiger partial charge in [0.2, 0.25) is 0 Å². The van der Waals surface area contributed by atoms with Crippen molar-refractivity contribution in [2.24, 2.45) is 5.84 Å². The van der Waals surface area contributed by atoms with Crippen LogP contribution in [0, 0.1) is 12.7 Å². The minimum Gasteiger partial charge on any atom is -0.271 e. The Balaban J connectivity index is 2.23.